The number of carbonyl (C=O) groups is 3. The molecule has 1 saturated carbocycles. The maximum absolute atomic E-state index is 14.9. The van der Waals surface area contributed by atoms with Gasteiger partial charge in [0.15, 0.2) is 0 Å². The lowest BCUT2D eigenvalue weighted by Crippen LogP contribution is -2.63. The molecule has 43 heavy (non-hydrogen) atoms. The Hall–Kier alpha value is -3.01. The molecule has 3 amide bonds. The number of likely N-dealkylation sites (N-methyl/N-ethyl adjacent to an activating group) is 1. The summed E-state index contributed by atoms with van der Waals surface area (Å²) in [6, 6.07) is 9.17. The van der Waals surface area contributed by atoms with Crippen molar-refractivity contribution in [3.05, 3.63) is 52.8 Å². The molecule has 0 bridgehead atoms. The van der Waals surface area contributed by atoms with Crippen LogP contribution in [0, 0.1) is 5.82 Å². The molecule has 0 N–H and O–H groups in total. The van der Waals surface area contributed by atoms with Crippen LogP contribution >= 0.6 is 11.6 Å². The van der Waals surface area contributed by atoms with Gasteiger partial charge < -0.3 is 19.6 Å². The Kier molecular flexibility index (Phi) is 8.76. The maximum Gasteiger partial charge on any atom is 0.256 e. The van der Waals surface area contributed by atoms with Gasteiger partial charge in [0.2, 0.25) is 5.91 Å². The molecule has 3 aliphatic heterocycles. The highest BCUT2D eigenvalue weighted by molar-refractivity contribution is 6.30. The number of piperazine rings is 1. The summed E-state index contributed by atoms with van der Waals surface area (Å²) in [5.41, 5.74) is 1.75. The van der Waals surface area contributed by atoms with Gasteiger partial charge in [-0.05, 0) is 82.2 Å². The van der Waals surface area contributed by atoms with E-state index >= 15 is 0 Å². The van der Waals surface area contributed by atoms with Crippen LogP contribution in [0.25, 0.3) is 11.1 Å². The number of fused-ring (bicyclic) bond motifs is 2. The van der Waals surface area contributed by atoms with Crippen molar-refractivity contribution in [1.29, 1.82) is 0 Å². The second-order valence-corrected chi connectivity index (χ2v) is 13.1. The lowest BCUT2D eigenvalue weighted by atomic mass is 9.93. The number of amides is 3. The highest BCUT2D eigenvalue weighted by Gasteiger charge is 2.46. The Morgan fingerprint density at radius 1 is 0.953 bits per heavy atom. The average Bonchev–Trinajstić information content (AvgIpc) is 3.48. The molecule has 0 radical (unpaired) electrons. The highest BCUT2D eigenvalue weighted by atomic mass is 35.5. The molecule has 2 aromatic carbocycles. The van der Waals surface area contributed by atoms with Gasteiger partial charge in [0.1, 0.15) is 11.9 Å². The summed E-state index contributed by atoms with van der Waals surface area (Å²) in [7, 11) is 3.88. The van der Waals surface area contributed by atoms with E-state index in [9.17, 15) is 18.8 Å². The topological polar surface area (TPSA) is 67.4 Å². The van der Waals surface area contributed by atoms with Gasteiger partial charge in [-0.25, -0.2) is 4.39 Å². The van der Waals surface area contributed by atoms with E-state index in [0.29, 0.717) is 53.1 Å². The Morgan fingerprint density at radius 2 is 1.74 bits per heavy atom. The van der Waals surface area contributed by atoms with Crippen LogP contribution < -0.4 is 4.90 Å². The third kappa shape index (κ3) is 5.91. The van der Waals surface area contributed by atoms with Crippen molar-refractivity contribution in [3.63, 3.8) is 0 Å². The van der Waals surface area contributed by atoms with Crippen molar-refractivity contribution in [2.24, 2.45) is 0 Å². The van der Waals surface area contributed by atoms with E-state index in [1.165, 1.54) is 25.3 Å². The lowest BCUT2D eigenvalue weighted by Gasteiger charge is -2.43. The normalized spacial score (nSPS) is 23.5. The number of hydrogen-bond donors (Lipinski definition) is 0. The molecule has 0 aromatic heterocycles. The predicted molar refractivity (Wildman–Crippen MR) is 166 cm³/mol. The van der Waals surface area contributed by atoms with Crippen molar-refractivity contribution in [2.75, 3.05) is 58.3 Å². The van der Waals surface area contributed by atoms with E-state index in [0.717, 1.165) is 32.2 Å². The summed E-state index contributed by atoms with van der Waals surface area (Å²) in [4.78, 5) is 51.9. The molecular formula is C33H41ClFN5O3. The number of hydrogen-bond acceptors (Lipinski definition) is 5. The molecule has 0 spiro atoms. The van der Waals surface area contributed by atoms with Crippen LogP contribution in [-0.2, 0) is 9.59 Å². The Labute approximate surface area is 258 Å². The zero-order chi connectivity index (χ0) is 30.2. The highest BCUT2D eigenvalue weighted by Crippen LogP contribution is 2.36. The molecule has 2 saturated heterocycles. The second kappa shape index (κ2) is 12.5. The maximum atomic E-state index is 14.9. The van der Waals surface area contributed by atoms with E-state index in [-0.39, 0.29) is 36.9 Å². The number of nitrogens with zero attached hydrogens (tertiary/aromatic N) is 5. The molecular weight excluding hydrogens is 569 g/mol. The lowest BCUT2D eigenvalue weighted by molar-refractivity contribution is -0.141. The van der Waals surface area contributed by atoms with Gasteiger partial charge >= 0.3 is 0 Å². The van der Waals surface area contributed by atoms with Crippen LogP contribution in [0.4, 0.5) is 10.1 Å². The molecule has 2 aromatic rings. The first-order valence-corrected chi connectivity index (χ1v) is 16.0. The average molecular weight is 610 g/mol. The molecule has 230 valence electrons. The minimum atomic E-state index is -0.778. The minimum absolute atomic E-state index is 0.0880. The van der Waals surface area contributed by atoms with Crippen LogP contribution in [0.15, 0.2) is 36.4 Å². The van der Waals surface area contributed by atoms with Crippen LogP contribution in [0.1, 0.15) is 55.3 Å². The number of benzene rings is 2. The number of likely N-dealkylation sites (tertiary alicyclic amines) is 1. The summed E-state index contributed by atoms with van der Waals surface area (Å²) >= 11 is 5.98. The third-order valence-electron chi connectivity index (χ3n) is 9.66. The molecule has 2 atom stereocenters. The molecule has 4 aliphatic rings. The first kappa shape index (κ1) is 30.0. The SMILES string of the molecule is CN(C)CCN1C(=O)[C@H]2CN(C(=O)[C@@H]3CCCN3C3CCCCC3)CCN2C(=O)c2cc(-c3ccc(Cl)cc3F)ccc21. The fourth-order valence-electron chi connectivity index (χ4n) is 7.37. The first-order valence-electron chi connectivity index (χ1n) is 15.6. The van der Waals surface area contributed by atoms with Crippen molar-refractivity contribution in [3.8, 4) is 11.1 Å². The third-order valence-corrected chi connectivity index (χ3v) is 9.89. The number of anilines is 1. The van der Waals surface area contributed by atoms with Crippen LogP contribution in [0.5, 0.6) is 0 Å². The Balaban J connectivity index is 1.29. The summed E-state index contributed by atoms with van der Waals surface area (Å²) in [6.45, 7) is 2.78. The zero-order valence-corrected chi connectivity index (χ0v) is 25.9. The minimum Gasteiger partial charge on any atom is -0.337 e. The largest absolute Gasteiger partial charge is 0.337 e. The number of rotatable bonds is 6. The standard InChI is InChI=1S/C33H41ClFN5O3/c1-36(2)15-17-39-28-13-10-22(25-12-11-23(34)20-27(25)35)19-26(28)31(41)40-18-16-37(21-30(40)33(39)43)32(42)29-9-6-14-38(29)24-7-4-3-5-8-24/h10-13,19-20,24,29-30H,3-9,14-18,21H2,1-2H3/t29-,30+/m0/s1. The molecule has 3 heterocycles. The molecule has 1 aliphatic carbocycles. The summed E-state index contributed by atoms with van der Waals surface area (Å²) in [6.07, 6.45) is 7.85. The Morgan fingerprint density at radius 3 is 2.49 bits per heavy atom. The fraction of sp³-hybridized carbons (Fsp3) is 0.545. The molecule has 10 heteroatoms. The molecule has 6 rings (SSSR count). The van der Waals surface area contributed by atoms with Crippen molar-refractivity contribution >= 4 is 35.0 Å². The quantitative estimate of drug-likeness (QED) is 0.482. The van der Waals surface area contributed by atoms with Crippen LogP contribution in [0.2, 0.25) is 5.02 Å². The van der Waals surface area contributed by atoms with Gasteiger partial charge in [-0.2, -0.15) is 0 Å². The smallest absolute Gasteiger partial charge is 0.256 e. The van der Waals surface area contributed by atoms with Gasteiger partial charge in [-0.1, -0.05) is 36.9 Å². The first-order chi connectivity index (χ1) is 20.7. The molecule has 0 unspecified atom stereocenters. The Bertz CT molecular complexity index is 1400. The van der Waals surface area contributed by atoms with E-state index in [1.54, 1.807) is 40.1 Å². The summed E-state index contributed by atoms with van der Waals surface area (Å²) in [5, 5.41) is 0.294. The van der Waals surface area contributed by atoms with Crippen molar-refractivity contribution in [2.45, 2.75) is 63.1 Å². The van der Waals surface area contributed by atoms with Gasteiger partial charge in [0.05, 0.1) is 23.8 Å². The van der Waals surface area contributed by atoms with Crippen LogP contribution in [-0.4, -0.2) is 109 Å². The van der Waals surface area contributed by atoms with Gasteiger partial charge in [-0.15, -0.1) is 0 Å². The number of carbonyl (C=O) groups excluding carboxylic acids is 3. The van der Waals surface area contributed by atoms with Gasteiger partial charge in [-0.3, -0.25) is 19.3 Å². The number of halogens is 2. The van der Waals surface area contributed by atoms with Crippen molar-refractivity contribution < 1.29 is 18.8 Å². The summed E-state index contributed by atoms with van der Waals surface area (Å²) < 4.78 is 14.9. The van der Waals surface area contributed by atoms with Gasteiger partial charge in [0.25, 0.3) is 11.8 Å². The van der Waals surface area contributed by atoms with Crippen LogP contribution in [0.3, 0.4) is 0 Å². The van der Waals surface area contributed by atoms with Crippen molar-refractivity contribution in [1.82, 2.24) is 19.6 Å². The summed E-state index contributed by atoms with van der Waals surface area (Å²) in [5.74, 6) is -0.848. The molecule has 3 fully saturated rings. The monoisotopic (exact) mass is 609 g/mol. The van der Waals surface area contributed by atoms with E-state index in [2.05, 4.69) is 4.90 Å². The predicted octanol–water partition coefficient (Wildman–Crippen LogP) is 4.50. The molecule has 8 nitrogen and oxygen atoms in total. The van der Waals surface area contributed by atoms with E-state index < -0.39 is 11.9 Å². The van der Waals surface area contributed by atoms with Gasteiger partial charge in [0, 0.05) is 42.8 Å². The second-order valence-electron chi connectivity index (χ2n) is 12.6. The van der Waals surface area contributed by atoms with E-state index in [1.807, 2.05) is 23.9 Å². The fourth-order valence-corrected chi connectivity index (χ4v) is 7.53. The van der Waals surface area contributed by atoms with E-state index in [4.69, 9.17) is 11.6 Å². The zero-order valence-electron chi connectivity index (χ0n) is 25.1.